The fourth-order valence-electron chi connectivity index (χ4n) is 2.54. The summed E-state index contributed by atoms with van der Waals surface area (Å²) in [5.74, 6) is 0. The summed E-state index contributed by atoms with van der Waals surface area (Å²) in [5.41, 5.74) is 3.84. The van der Waals surface area contributed by atoms with Crippen molar-refractivity contribution < 1.29 is 0 Å². The molecule has 110 valence electrons. The average molecular weight is 352 g/mol. The van der Waals surface area contributed by atoms with Crippen LogP contribution in [-0.2, 0) is 6.54 Å². The van der Waals surface area contributed by atoms with Crippen molar-refractivity contribution in [2.24, 2.45) is 0 Å². The van der Waals surface area contributed by atoms with Gasteiger partial charge in [0.2, 0.25) is 0 Å². The summed E-state index contributed by atoms with van der Waals surface area (Å²) in [6.07, 6.45) is 0. The van der Waals surface area contributed by atoms with Crippen molar-refractivity contribution in [3.05, 3.63) is 106 Å². The molecule has 0 aromatic heterocycles. The Kier molecular flexibility index (Phi) is 5.04. The van der Waals surface area contributed by atoms with E-state index in [1.165, 1.54) is 16.7 Å². The Morgan fingerprint density at radius 1 is 0.682 bits per heavy atom. The summed E-state index contributed by atoms with van der Waals surface area (Å²) in [4.78, 5) is 0. The molecule has 0 amide bonds. The number of hydrogen-bond donors (Lipinski definition) is 1. The van der Waals surface area contributed by atoms with Gasteiger partial charge in [0.05, 0.1) is 6.04 Å². The molecule has 0 aliphatic heterocycles. The molecular formula is C20H18BrN. The van der Waals surface area contributed by atoms with Gasteiger partial charge in [-0.1, -0.05) is 88.7 Å². The molecule has 0 bridgehead atoms. The zero-order valence-electron chi connectivity index (χ0n) is 12.2. The van der Waals surface area contributed by atoms with Crippen LogP contribution in [0.15, 0.2) is 89.4 Å². The molecule has 0 fully saturated rings. The highest BCUT2D eigenvalue weighted by Crippen LogP contribution is 2.22. The number of halogens is 1. The third kappa shape index (κ3) is 3.85. The summed E-state index contributed by atoms with van der Waals surface area (Å²) in [6.45, 7) is 0.835. The van der Waals surface area contributed by atoms with Crippen LogP contribution in [0.3, 0.4) is 0 Å². The predicted octanol–water partition coefficient (Wildman–Crippen LogP) is 5.33. The number of rotatable bonds is 5. The maximum atomic E-state index is 3.67. The topological polar surface area (TPSA) is 12.0 Å². The van der Waals surface area contributed by atoms with Gasteiger partial charge in [-0.3, -0.25) is 0 Å². The lowest BCUT2D eigenvalue weighted by Crippen LogP contribution is -2.21. The Balaban J connectivity index is 1.81. The van der Waals surface area contributed by atoms with E-state index in [4.69, 9.17) is 0 Å². The van der Waals surface area contributed by atoms with Gasteiger partial charge in [-0.25, -0.2) is 0 Å². The highest BCUT2D eigenvalue weighted by Gasteiger charge is 2.12. The molecule has 0 aliphatic rings. The summed E-state index contributed by atoms with van der Waals surface area (Å²) in [6, 6.07) is 29.8. The molecule has 1 nitrogen and oxygen atoms in total. The first-order valence-electron chi connectivity index (χ1n) is 7.40. The van der Waals surface area contributed by atoms with Gasteiger partial charge in [0.15, 0.2) is 0 Å². The molecule has 0 unspecified atom stereocenters. The summed E-state index contributed by atoms with van der Waals surface area (Å²) >= 11 is 3.48. The highest BCUT2D eigenvalue weighted by atomic mass is 79.9. The number of nitrogens with one attached hydrogen (secondary N) is 1. The normalized spacial score (nSPS) is 10.8. The number of benzene rings is 3. The number of hydrogen-bond acceptors (Lipinski definition) is 1. The van der Waals surface area contributed by atoms with E-state index in [1.54, 1.807) is 0 Å². The van der Waals surface area contributed by atoms with Gasteiger partial charge >= 0.3 is 0 Å². The molecule has 22 heavy (non-hydrogen) atoms. The third-order valence-electron chi connectivity index (χ3n) is 3.69. The summed E-state index contributed by atoms with van der Waals surface area (Å²) < 4.78 is 1.11. The van der Waals surface area contributed by atoms with Crippen LogP contribution in [0.1, 0.15) is 22.7 Å². The van der Waals surface area contributed by atoms with E-state index in [-0.39, 0.29) is 6.04 Å². The van der Waals surface area contributed by atoms with Crippen molar-refractivity contribution in [1.29, 1.82) is 0 Å². The monoisotopic (exact) mass is 351 g/mol. The second-order valence-electron chi connectivity index (χ2n) is 5.26. The first-order chi connectivity index (χ1) is 10.8. The van der Waals surface area contributed by atoms with E-state index in [9.17, 15) is 0 Å². The van der Waals surface area contributed by atoms with Crippen molar-refractivity contribution >= 4 is 15.9 Å². The van der Waals surface area contributed by atoms with E-state index in [1.807, 2.05) is 0 Å². The minimum Gasteiger partial charge on any atom is -0.302 e. The fraction of sp³-hybridized carbons (Fsp3) is 0.100. The SMILES string of the molecule is Brc1ccc(CNC(c2ccccc2)c2ccccc2)cc1. The van der Waals surface area contributed by atoms with Crippen LogP contribution in [0.2, 0.25) is 0 Å². The highest BCUT2D eigenvalue weighted by molar-refractivity contribution is 9.10. The van der Waals surface area contributed by atoms with Gasteiger partial charge < -0.3 is 5.32 Å². The van der Waals surface area contributed by atoms with E-state index >= 15 is 0 Å². The predicted molar refractivity (Wildman–Crippen MR) is 95.7 cm³/mol. The van der Waals surface area contributed by atoms with Crippen LogP contribution in [-0.4, -0.2) is 0 Å². The molecule has 0 spiro atoms. The van der Waals surface area contributed by atoms with Crippen LogP contribution >= 0.6 is 15.9 Å². The van der Waals surface area contributed by atoms with E-state index < -0.39 is 0 Å². The minimum atomic E-state index is 0.200. The van der Waals surface area contributed by atoms with Gasteiger partial charge in [0.1, 0.15) is 0 Å². The molecular weight excluding hydrogens is 334 g/mol. The Bertz CT molecular complexity index is 653. The van der Waals surface area contributed by atoms with Crippen molar-refractivity contribution in [3.8, 4) is 0 Å². The van der Waals surface area contributed by atoms with Crippen molar-refractivity contribution in [2.75, 3.05) is 0 Å². The van der Waals surface area contributed by atoms with Crippen LogP contribution in [0.5, 0.6) is 0 Å². The first-order valence-corrected chi connectivity index (χ1v) is 8.20. The molecule has 2 heteroatoms. The third-order valence-corrected chi connectivity index (χ3v) is 4.22. The van der Waals surface area contributed by atoms with Gasteiger partial charge in [-0.2, -0.15) is 0 Å². The standard InChI is InChI=1S/C20H18BrN/c21-19-13-11-16(12-14-19)15-22-20(17-7-3-1-4-8-17)18-9-5-2-6-10-18/h1-14,20,22H,15H2. The zero-order valence-corrected chi connectivity index (χ0v) is 13.8. The van der Waals surface area contributed by atoms with Crippen LogP contribution in [0.4, 0.5) is 0 Å². The summed E-state index contributed by atoms with van der Waals surface area (Å²) in [7, 11) is 0. The molecule has 1 N–H and O–H groups in total. The van der Waals surface area contributed by atoms with Crippen LogP contribution in [0.25, 0.3) is 0 Å². The molecule has 0 radical (unpaired) electrons. The van der Waals surface area contributed by atoms with Gasteiger partial charge in [-0.15, -0.1) is 0 Å². The van der Waals surface area contributed by atoms with Crippen LogP contribution < -0.4 is 5.32 Å². The second-order valence-corrected chi connectivity index (χ2v) is 6.18. The molecule has 0 heterocycles. The Morgan fingerprint density at radius 3 is 1.68 bits per heavy atom. The molecule has 0 atom stereocenters. The smallest absolute Gasteiger partial charge is 0.0579 e. The maximum absolute atomic E-state index is 3.67. The van der Waals surface area contributed by atoms with Crippen molar-refractivity contribution in [3.63, 3.8) is 0 Å². The lowest BCUT2D eigenvalue weighted by molar-refractivity contribution is 0.605. The van der Waals surface area contributed by atoms with E-state index in [2.05, 4.69) is 106 Å². The Hall–Kier alpha value is -1.90. The molecule has 3 aromatic rings. The summed E-state index contributed by atoms with van der Waals surface area (Å²) in [5, 5.41) is 3.67. The van der Waals surface area contributed by atoms with Gasteiger partial charge in [0.25, 0.3) is 0 Å². The quantitative estimate of drug-likeness (QED) is 0.655. The maximum Gasteiger partial charge on any atom is 0.0579 e. The minimum absolute atomic E-state index is 0.200. The lowest BCUT2D eigenvalue weighted by atomic mass is 9.98. The largest absolute Gasteiger partial charge is 0.302 e. The average Bonchev–Trinajstić information content (AvgIpc) is 2.59. The van der Waals surface area contributed by atoms with Crippen LogP contribution in [0, 0.1) is 0 Å². The lowest BCUT2D eigenvalue weighted by Gasteiger charge is -2.20. The molecule has 0 saturated carbocycles. The molecule has 3 aromatic carbocycles. The molecule has 0 saturated heterocycles. The van der Waals surface area contributed by atoms with Gasteiger partial charge in [0, 0.05) is 11.0 Å². The fourth-order valence-corrected chi connectivity index (χ4v) is 2.81. The van der Waals surface area contributed by atoms with E-state index in [0.29, 0.717) is 0 Å². The Labute approximate surface area is 140 Å². The molecule has 0 aliphatic carbocycles. The second kappa shape index (κ2) is 7.39. The Morgan fingerprint density at radius 2 is 1.18 bits per heavy atom. The first kappa shape index (κ1) is 15.0. The van der Waals surface area contributed by atoms with E-state index in [0.717, 1.165) is 11.0 Å². The zero-order chi connectivity index (χ0) is 15.2. The van der Waals surface area contributed by atoms with Crippen molar-refractivity contribution in [2.45, 2.75) is 12.6 Å². The van der Waals surface area contributed by atoms with Gasteiger partial charge in [-0.05, 0) is 28.8 Å². The molecule has 3 rings (SSSR count). The van der Waals surface area contributed by atoms with Crippen molar-refractivity contribution in [1.82, 2.24) is 5.32 Å².